The van der Waals surface area contributed by atoms with Gasteiger partial charge in [-0.3, -0.25) is 9.69 Å². The van der Waals surface area contributed by atoms with Gasteiger partial charge in [0.15, 0.2) is 11.5 Å². The Kier molecular flexibility index (Phi) is 6.32. The first kappa shape index (κ1) is 21.0. The number of hydrogen-bond donors (Lipinski definition) is 1. The van der Waals surface area contributed by atoms with Gasteiger partial charge in [-0.05, 0) is 49.4 Å². The Balaban J connectivity index is 1.52. The standard InChI is InChI=1S/C21H23F3N2O3/c1-14(16-5-8-18-19(11-16)29-10-9-28-18)25-20(27)13-26(2)12-15-3-6-17(7-4-15)21(22,23)24/h3-8,11,14H,9-10,12-13H2,1-2H3,(H,25,27)/t14-/m0/s1. The van der Waals surface area contributed by atoms with Gasteiger partial charge in [-0.15, -0.1) is 0 Å². The molecule has 2 aromatic rings. The van der Waals surface area contributed by atoms with Gasteiger partial charge in [0.05, 0.1) is 18.2 Å². The predicted molar refractivity (Wildman–Crippen MR) is 102 cm³/mol. The summed E-state index contributed by atoms with van der Waals surface area (Å²) >= 11 is 0. The van der Waals surface area contributed by atoms with Crippen molar-refractivity contribution in [1.29, 1.82) is 0 Å². The van der Waals surface area contributed by atoms with Gasteiger partial charge in [0.25, 0.3) is 0 Å². The number of nitrogens with zero attached hydrogens (tertiary/aromatic N) is 1. The van der Waals surface area contributed by atoms with Gasteiger partial charge >= 0.3 is 6.18 Å². The molecule has 1 amide bonds. The van der Waals surface area contributed by atoms with E-state index < -0.39 is 11.7 Å². The van der Waals surface area contributed by atoms with Crippen LogP contribution in [0.3, 0.4) is 0 Å². The number of likely N-dealkylation sites (N-methyl/N-ethyl adjacent to an activating group) is 1. The summed E-state index contributed by atoms with van der Waals surface area (Å²) in [5, 5.41) is 2.92. The van der Waals surface area contributed by atoms with Crippen molar-refractivity contribution in [3.8, 4) is 11.5 Å². The molecule has 8 heteroatoms. The van der Waals surface area contributed by atoms with Gasteiger partial charge in [0.2, 0.25) is 5.91 Å². The smallest absolute Gasteiger partial charge is 0.416 e. The molecule has 0 radical (unpaired) electrons. The van der Waals surface area contributed by atoms with E-state index in [0.717, 1.165) is 17.7 Å². The lowest BCUT2D eigenvalue weighted by Gasteiger charge is -2.22. The zero-order valence-corrected chi connectivity index (χ0v) is 16.3. The number of rotatable bonds is 6. The maximum absolute atomic E-state index is 12.6. The van der Waals surface area contributed by atoms with Gasteiger partial charge in [0, 0.05) is 6.54 Å². The third-order valence-electron chi connectivity index (χ3n) is 4.59. The minimum atomic E-state index is -4.35. The molecule has 0 aliphatic carbocycles. The number of ether oxygens (including phenoxy) is 2. The van der Waals surface area contributed by atoms with Crippen molar-refractivity contribution in [2.24, 2.45) is 0 Å². The maximum atomic E-state index is 12.6. The highest BCUT2D eigenvalue weighted by Crippen LogP contribution is 2.32. The van der Waals surface area contributed by atoms with Crippen LogP contribution in [0.5, 0.6) is 11.5 Å². The van der Waals surface area contributed by atoms with E-state index in [2.05, 4.69) is 5.32 Å². The lowest BCUT2D eigenvalue weighted by molar-refractivity contribution is -0.137. The fourth-order valence-corrected chi connectivity index (χ4v) is 3.11. The molecule has 0 saturated carbocycles. The van der Waals surface area contributed by atoms with Crippen LogP contribution < -0.4 is 14.8 Å². The number of carbonyl (C=O) groups is 1. The Morgan fingerprint density at radius 1 is 1.10 bits per heavy atom. The quantitative estimate of drug-likeness (QED) is 0.790. The summed E-state index contributed by atoms with van der Waals surface area (Å²) in [7, 11) is 1.74. The molecule has 0 saturated heterocycles. The highest BCUT2D eigenvalue weighted by Gasteiger charge is 2.30. The van der Waals surface area contributed by atoms with E-state index in [1.165, 1.54) is 12.1 Å². The first-order valence-corrected chi connectivity index (χ1v) is 9.26. The Bertz CT molecular complexity index is 853. The minimum Gasteiger partial charge on any atom is -0.486 e. The largest absolute Gasteiger partial charge is 0.486 e. The van der Waals surface area contributed by atoms with Crippen LogP contribution >= 0.6 is 0 Å². The molecule has 29 heavy (non-hydrogen) atoms. The van der Waals surface area contributed by atoms with Gasteiger partial charge in [-0.25, -0.2) is 0 Å². The van der Waals surface area contributed by atoms with E-state index >= 15 is 0 Å². The van der Waals surface area contributed by atoms with Crippen molar-refractivity contribution in [1.82, 2.24) is 10.2 Å². The maximum Gasteiger partial charge on any atom is 0.416 e. The van der Waals surface area contributed by atoms with Crippen molar-refractivity contribution in [2.75, 3.05) is 26.8 Å². The predicted octanol–water partition coefficient (Wildman–Crippen LogP) is 3.79. The summed E-state index contributed by atoms with van der Waals surface area (Å²) in [5.41, 5.74) is 0.913. The van der Waals surface area contributed by atoms with Crippen LogP contribution in [0.25, 0.3) is 0 Å². The summed E-state index contributed by atoms with van der Waals surface area (Å²) < 4.78 is 48.9. The molecule has 1 heterocycles. The van der Waals surface area contributed by atoms with Gasteiger partial charge in [0.1, 0.15) is 13.2 Å². The van der Waals surface area contributed by atoms with E-state index in [4.69, 9.17) is 9.47 Å². The number of amides is 1. The molecule has 0 spiro atoms. The van der Waals surface area contributed by atoms with E-state index in [0.29, 0.717) is 36.8 Å². The number of fused-ring (bicyclic) bond motifs is 1. The normalized spacial score (nSPS) is 14.6. The van der Waals surface area contributed by atoms with Gasteiger partial charge in [-0.2, -0.15) is 13.2 Å². The lowest BCUT2D eigenvalue weighted by Crippen LogP contribution is -2.36. The number of carbonyl (C=O) groups excluding carboxylic acids is 1. The van der Waals surface area contributed by atoms with E-state index in [9.17, 15) is 18.0 Å². The van der Waals surface area contributed by atoms with Gasteiger partial charge in [-0.1, -0.05) is 18.2 Å². The molecule has 0 unspecified atom stereocenters. The Morgan fingerprint density at radius 2 is 1.76 bits per heavy atom. The zero-order chi connectivity index (χ0) is 21.0. The molecule has 0 fully saturated rings. The summed E-state index contributed by atoms with van der Waals surface area (Å²) in [4.78, 5) is 14.1. The number of halogens is 3. The Hall–Kier alpha value is -2.74. The molecule has 1 atom stereocenters. The average molecular weight is 408 g/mol. The van der Waals surface area contributed by atoms with Gasteiger partial charge < -0.3 is 14.8 Å². The van der Waals surface area contributed by atoms with E-state index in [1.807, 2.05) is 25.1 Å². The Morgan fingerprint density at radius 3 is 2.41 bits per heavy atom. The molecule has 2 aromatic carbocycles. The lowest BCUT2D eigenvalue weighted by atomic mass is 10.1. The molecule has 1 aliphatic heterocycles. The first-order chi connectivity index (χ1) is 13.7. The van der Waals surface area contributed by atoms with E-state index in [-0.39, 0.29) is 18.5 Å². The van der Waals surface area contributed by atoms with Crippen LogP contribution in [0, 0.1) is 0 Å². The fraction of sp³-hybridized carbons (Fsp3) is 0.381. The van der Waals surface area contributed by atoms with Crippen LogP contribution in [-0.2, 0) is 17.5 Å². The fourth-order valence-electron chi connectivity index (χ4n) is 3.11. The number of nitrogens with one attached hydrogen (secondary N) is 1. The summed E-state index contributed by atoms with van der Waals surface area (Å²) in [5.74, 6) is 1.17. The van der Waals surface area contributed by atoms with Crippen LogP contribution in [0.1, 0.15) is 29.7 Å². The SMILES string of the molecule is C[C@H](NC(=O)CN(C)Cc1ccc(C(F)(F)F)cc1)c1ccc2c(c1)OCCO2. The zero-order valence-electron chi connectivity index (χ0n) is 16.3. The summed E-state index contributed by atoms with van der Waals surface area (Å²) in [6.45, 7) is 3.37. The van der Waals surface area contributed by atoms with Crippen LogP contribution in [0.2, 0.25) is 0 Å². The molecule has 0 aromatic heterocycles. The molecule has 0 bridgehead atoms. The molecule has 156 valence electrons. The molecule has 1 aliphatic rings. The second-order valence-electron chi connectivity index (χ2n) is 7.06. The van der Waals surface area contributed by atoms with Crippen molar-refractivity contribution in [2.45, 2.75) is 25.7 Å². The topological polar surface area (TPSA) is 50.8 Å². The van der Waals surface area contributed by atoms with Crippen molar-refractivity contribution in [3.63, 3.8) is 0 Å². The van der Waals surface area contributed by atoms with E-state index in [1.54, 1.807) is 11.9 Å². The molecule has 1 N–H and O–H groups in total. The Labute approximate surface area is 167 Å². The van der Waals surface area contributed by atoms with Crippen molar-refractivity contribution < 1.29 is 27.4 Å². The van der Waals surface area contributed by atoms with Crippen LogP contribution in [0.15, 0.2) is 42.5 Å². The van der Waals surface area contributed by atoms with Crippen molar-refractivity contribution in [3.05, 3.63) is 59.2 Å². The second-order valence-corrected chi connectivity index (χ2v) is 7.06. The number of alkyl halides is 3. The average Bonchev–Trinajstić information content (AvgIpc) is 2.67. The second kappa shape index (κ2) is 8.73. The molecule has 5 nitrogen and oxygen atoms in total. The summed E-state index contributed by atoms with van der Waals surface area (Å²) in [6, 6.07) is 10.3. The highest BCUT2D eigenvalue weighted by atomic mass is 19.4. The third-order valence-corrected chi connectivity index (χ3v) is 4.59. The molecule has 3 rings (SSSR count). The number of hydrogen-bond acceptors (Lipinski definition) is 4. The molecular weight excluding hydrogens is 385 g/mol. The van der Waals surface area contributed by atoms with Crippen LogP contribution in [0.4, 0.5) is 13.2 Å². The molecular formula is C21H23F3N2O3. The first-order valence-electron chi connectivity index (χ1n) is 9.26. The number of benzene rings is 2. The van der Waals surface area contributed by atoms with Crippen LogP contribution in [-0.4, -0.2) is 37.6 Å². The highest BCUT2D eigenvalue weighted by molar-refractivity contribution is 5.78. The van der Waals surface area contributed by atoms with Crippen molar-refractivity contribution >= 4 is 5.91 Å². The monoisotopic (exact) mass is 408 g/mol. The summed E-state index contributed by atoms with van der Waals surface area (Å²) in [6.07, 6.45) is -4.35. The third kappa shape index (κ3) is 5.63. The minimum absolute atomic E-state index is 0.121.